The van der Waals surface area contributed by atoms with Gasteiger partial charge in [-0.05, 0) is 19.9 Å². The second kappa shape index (κ2) is 3.76. The van der Waals surface area contributed by atoms with Crippen LogP contribution < -0.4 is 10.6 Å². The Labute approximate surface area is 65.9 Å². The lowest BCUT2D eigenvalue weighted by atomic mass is 10.4. The van der Waals surface area contributed by atoms with E-state index in [1.165, 1.54) is 0 Å². The standard InChI is InChI=1S/C9H12N2/c1-3-5-6-9-8(4-2)7-10-11-9/h3-7,11H,1-2H3/b5-3-,8-4-,9-6+. The maximum atomic E-state index is 3.92. The molecule has 1 heterocycles. The topological polar surface area (TPSA) is 28.7 Å². The predicted molar refractivity (Wildman–Crippen MR) is 47.3 cm³/mol. The Hall–Kier alpha value is -1.31. The van der Waals surface area contributed by atoms with Crippen molar-refractivity contribution in [3.05, 3.63) is 28.9 Å². The van der Waals surface area contributed by atoms with Crippen LogP contribution in [0.25, 0.3) is 12.2 Å². The molecule has 1 rings (SSSR count). The average Bonchev–Trinajstić information content (AvgIpc) is 2.47. The molecule has 0 spiro atoms. The van der Waals surface area contributed by atoms with Crippen LogP contribution in [0, 0.1) is 0 Å². The van der Waals surface area contributed by atoms with Crippen molar-refractivity contribution in [3.8, 4) is 0 Å². The molecular formula is C9H12N2. The first-order valence-electron chi connectivity index (χ1n) is 3.67. The fraction of sp³-hybridized carbons (Fsp3) is 0.222. The van der Waals surface area contributed by atoms with Crippen molar-refractivity contribution in [3.63, 3.8) is 0 Å². The lowest BCUT2D eigenvalue weighted by molar-refractivity contribution is 1.06. The minimum absolute atomic E-state index is 1.06. The number of aromatic nitrogens is 2. The number of hydrogen-bond donors (Lipinski definition) is 1. The summed E-state index contributed by atoms with van der Waals surface area (Å²) in [4.78, 5) is 0. The Morgan fingerprint density at radius 1 is 1.45 bits per heavy atom. The van der Waals surface area contributed by atoms with Gasteiger partial charge in [-0.25, -0.2) is 0 Å². The number of rotatable bonds is 1. The fourth-order valence-corrected chi connectivity index (χ4v) is 0.861. The minimum Gasteiger partial charge on any atom is -0.278 e. The molecule has 0 atom stereocenters. The number of aromatic amines is 1. The molecule has 1 N–H and O–H groups in total. The Bertz CT molecular complexity index is 344. The van der Waals surface area contributed by atoms with Gasteiger partial charge in [0.2, 0.25) is 0 Å². The summed E-state index contributed by atoms with van der Waals surface area (Å²) < 4.78 is 0. The molecule has 11 heavy (non-hydrogen) atoms. The number of nitrogens with zero attached hydrogens (tertiary/aromatic N) is 1. The molecule has 2 nitrogen and oxygen atoms in total. The zero-order valence-corrected chi connectivity index (χ0v) is 6.83. The van der Waals surface area contributed by atoms with Crippen LogP contribution in [0.5, 0.6) is 0 Å². The fourth-order valence-electron chi connectivity index (χ4n) is 0.861. The SMILES string of the molecule is C\C=C/C=c1/[nH]nc/c1=C/C. The van der Waals surface area contributed by atoms with Gasteiger partial charge in [-0.3, -0.25) is 5.10 Å². The van der Waals surface area contributed by atoms with E-state index < -0.39 is 0 Å². The molecule has 0 amide bonds. The lowest BCUT2D eigenvalue weighted by Crippen LogP contribution is -2.20. The first kappa shape index (κ1) is 7.79. The van der Waals surface area contributed by atoms with Crippen molar-refractivity contribution in [1.29, 1.82) is 0 Å². The Morgan fingerprint density at radius 2 is 2.27 bits per heavy atom. The van der Waals surface area contributed by atoms with Crippen LogP contribution in [-0.4, -0.2) is 10.2 Å². The third-order valence-corrected chi connectivity index (χ3v) is 1.47. The highest BCUT2D eigenvalue weighted by Crippen LogP contribution is 1.68. The summed E-state index contributed by atoms with van der Waals surface area (Å²) in [5.74, 6) is 0. The molecule has 0 saturated heterocycles. The number of H-pyrrole nitrogens is 1. The average molecular weight is 148 g/mol. The van der Waals surface area contributed by atoms with Gasteiger partial charge < -0.3 is 0 Å². The third kappa shape index (κ3) is 1.80. The molecule has 0 aliphatic heterocycles. The van der Waals surface area contributed by atoms with Gasteiger partial charge in [-0.2, -0.15) is 5.10 Å². The van der Waals surface area contributed by atoms with E-state index in [0.29, 0.717) is 0 Å². The summed E-state index contributed by atoms with van der Waals surface area (Å²) in [5, 5.41) is 9.03. The number of allylic oxidation sites excluding steroid dienone is 2. The van der Waals surface area contributed by atoms with Crippen molar-refractivity contribution < 1.29 is 0 Å². The monoisotopic (exact) mass is 148 g/mol. The molecule has 1 aromatic rings. The first-order chi connectivity index (χ1) is 5.38. The van der Waals surface area contributed by atoms with Gasteiger partial charge in [0.25, 0.3) is 0 Å². The van der Waals surface area contributed by atoms with Crippen LogP contribution in [0.2, 0.25) is 0 Å². The lowest BCUT2D eigenvalue weighted by Gasteiger charge is -1.73. The molecule has 0 aliphatic carbocycles. The van der Waals surface area contributed by atoms with Gasteiger partial charge in [0, 0.05) is 5.22 Å². The minimum atomic E-state index is 1.06. The predicted octanol–water partition coefficient (Wildman–Crippen LogP) is 0.567. The van der Waals surface area contributed by atoms with Gasteiger partial charge in [0.15, 0.2) is 0 Å². The molecule has 58 valence electrons. The highest BCUT2D eigenvalue weighted by Gasteiger charge is 1.81. The van der Waals surface area contributed by atoms with Crippen LogP contribution in [0.15, 0.2) is 18.3 Å². The Morgan fingerprint density at radius 3 is 2.91 bits per heavy atom. The van der Waals surface area contributed by atoms with Gasteiger partial charge in [0.1, 0.15) is 0 Å². The van der Waals surface area contributed by atoms with E-state index in [4.69, 9.17) is 0 Å². The normalized spacial score (nSPS) is 15.1. The van der Waals surface area contributed by atoms with Crippen molar-refractivity contribution in [2.45, 2.75) is 13.8 Å². The number of hydrogen-bond acceptors (Lipinski definition) is 1. The van der Waals surface area contributed by atoms with E-state index in [1.54, 1.807) is 0 Å². The summed E-state index contributed by atoms with van der Waals surface area (Å²) in [6.45, 7) is 3.99. The summed E-state index contributed by atoms with van der Waals surface area (Å²) >= 11 is 0. The Kier molecular flexibility index (Phi) is 2.66. The molecule has 0 bridgehead atoms. The van der Waals surface area contributed by atoms with Crippen LogP contribution in [0.4, 0.5) is 0 Å². The largest absolute Gasteiger partial charge is 0.278 e. The molecule has 0 fully saturated rings. The maximum absolute atomic E-state index is 3.92. The third-order valence-electron chi connectivity index (χ3n) is 1.47. The van der Waals surface area contributed by atoms with Gasteiger partial charge in [-0.15, -0.1) is 0 Å². The maximum Gasteiger partial charge on any atom is 0.0646 e. The van der Waals surface area contributed by atoms with E-state index in [1.807, 2.05) is 44.3 Å². The molecule has 2 heteroatoms. The van der Waals surface area contributed by atoms with Crippen LogP contribution in [0.3, 0.4) is 0 Å². The molecule has 0 aromatic carbocycles. The van der Waals surface area contributed by atoms with Crippen LogP contribution in [-0.2, 0) is 0 Å². The van der Waals surface area contributed by atoms with Crippen molar-refractivity contribution in [2.24, 2.45) is 0 Å². The van der Waals surface area contributed by atoms with Crippen LogP contribution >= 0.6 is 0 Å². The van der Waals surface area contributed by atoms with Gasteiger partial charge in [-0.1, -0.05) is 18.2 Å². The highest BCUT2D eigenvalue weighted by molar-refractivity contribution is 5.35. The second-order valence-electron chi connectivity index (χ2n) is 2.22. The molecule has 0 aliphatic rings. The molecule has 0 radical (unpaired) electrons. The molecule has 0 saturated carbocycles. The van der Waals surface area contributed by atoms with Gasteiger partial charge >= 0.3 is 0 Å². The van der Waals surface area contributed by atoms with Crippen molar-refractivity contribution >= 4 is 12.2 Å². The van der Waals surface area contributed by atoms with E-state index in [0.717, 1.165) is 10.6 Å². The molecular weight excluding hydrogens is 136 g/mol. The second-order valence-corrected chi connectivity index (χ2v) is 2.22. The number of nitrogens with one attached hydrogen (secondary N) is 1. The first-order valence-corrected chi connectivity index (χ1v) is 3.67. The van der Waals surface area contributed by atoms with E-state index in [9.17, 15) is 0 Å². The zero-order valence-electron chi connectivity index (χ0n) is 6.83. The van der Waals surface area contributed by atoms with Gasteiger partial charge in [0.05, 0.1) is 11.5 Å². The zero-order chi connectivity index (χ0) is 8.10. The van der Waals surface area contributed by atoms with Crippen molar-refractivity contribution in [2.75, 3.05) is 0 Å². The summed E-state index contributed by atoms with van der Waals surface area (Å²) in [6, 6.07) is 0. The molecule has 1 aromatic heterocycles. The van der Waals surface area contributed by atoms with E-state index in [2.05, 4.69) is 10.2 Å². The van der Waals surface area contributed by atoms with Crippen LogP contribution in [0.1, 0.15) is 13.8 Å². The van der Waals surface area contributed by atoms with Crippen molar-refractivity contribution in [1.82, 2.24) is 10.2 Å². The van der Waals surface area contributed by atoms with E-state index >= 15 is 0 Å². The highest BCUT2D eigenvalue weighted by atomic mass is 15.1. The summed E-state index contributed by atoms with van der Waals surface area (Å²) in [7, 11) is 0. The Balaban J connectivity index is 3.23. The van der Waals surface area contributed by atoms with E-state index in [-0.39, 0.29) is 0 Å². The summed E-state index contributed by atoms with van der Waals surface area (Å²) in [5.41, 5.74) is 0. The smallest absolute Gasteiger partial charge is 0.0646 e. The summed E-state index contributed by atoms with van der Waals surface area (Å²) in [6.07, 6.45) is 9.82. The quantitative estimate of drug-likeness (QED) is 0.619. The molecule has 0 unspecified atom stereocenters.